The van der Waals surface area contributed by atoms with E-state index in [1.165, 1.54) is 6.54 Å². The Morgan fingerprint density at radius 3 is 2.58 bits per heavy atom. The molecular weight excluding hydrogens is 238 g/mol. The minimum atomic E-state index is -0.0389. The fourth-order valence-corrected chi connectivity index (χ4v) is 3.92. The third-order valence-electron chi connectivity index (χ3n) is 5.04. The molecule has 0 saturated carbocycles. The van der Waals surface area contributed by atoms with Crippen LogP contribution in [0.4, 0.5) is 0 Å². The van der Waals surface area contributed by atoms with Crippen molar-refractivity contribution in [1.82, 2.24) is 9.80 Å². The second kappa shape index (κ2) is 5.68. The summed E-state index contributed by atoms with van der Waals surface area (Å²) in [4.78, 5) is 5.21. The zero-order valence-corrected chi connectivity index (χ0v) is 13.1. The Morgan fingerprint density at radius 1 is 1.32 bits per heavy atom. The van der Waals surface area contributed by atoms with Gasteiger partial charge in [-0.25, -0.2) is 0 Å². The van der Waals surface area contributed by atoms with E-state index >= 15 is 0 Å². The highest BCUT2D eigenvalue weighted by Gasteiger charge is 2.45. The van der Waals surface area contributed by atoms with Crippen LogP contribution in [0.2, 0.25) is 0 Å². The van der Waals surface area contributed by atoms with E-state index in [0.717, 1.165) is 45.6 Å². The van der Waals surface area contributed by atoms with Gasteiger partial charge in [-0.15, -0.1) is 0 Å². The number of ether oxygens (including phenoxy) is 1. The highest BCUT2D eigenvalue weighted by molar-refractivity contribution is 5.01. The summed E-state index contributed by atoms with van der Waals surface area (Å²) in [6.07, 6.45) is 2.13. The number of nitrogens with zero attached hydrogens (tertiary/aromatic N) is 2. The molecule has 2 N–H and O–H groups in total. The predicted octanol–water partition coefficient (Wildman–Crippen LogP) is 1.30. The fraction of sp³-hybridized carbons (Fsp3) is 1.00. The number of piperazine rings is 1. The molecule has 2 aliphatic rings. The summed E-state index contributed by atoms with van der Waals surface area (Å²) >= 11 is 0. The molecule has 0 radical (unpaired) electrons. The van der Waals surface area contributed by atoms with Crippen LogP contribution in [0.15, 0.2) is 0 Å². The average molecular weight is 269 g/mol. The molecule has 4 nitrogen and oxygen atoms in total. The summed E-state index contributed by atoms with van der Waals surface area (Å²) < 4.78 is 5.89. The van der Waals surface area contributed by atoms with Crippen molar-refractivity contribution in [2.24, 2.45) is 5.73 Å². The lowest BCUT2D eigenvalue weighted by Gasteiger charge is -2.54. The molecule has 2 heterocycles. The normalized spacial score (nSPS) is 37.4. The van der Waals surface area contributed by atoms with Crippen LogP contribution >= 0.6 is 0 Å². The van der Waals surface area contributed by atoms with Crippen molar-refractivity contribution < 1.29 is 4.74 Å². The third kappa shape index (κ3) is 3.13. The SMILES string of the molecule is CCN1CCN(C2(CN)CCOC(C)(C)C2)CC1C. The van der Waals surface area contributed by atoms with Crippen LogP contribution < -0.4 is 5.73 Å². The van der Waals surface area contributed by atoms with E-state index in [0.29, 0.717) is 6.04 Å². The topological polar surface area (TPSA) is 41.7 Å². The molecule has 0 aromatic carbocycles. The van der Waals surface area contributed by atoms with Crippen LogP contribution in [0.5, 0.6) is 0 Å². The minimum Gasteiger partial charge on any atom is -0.375 e. The van der Waals surface area contributed by atoms with Crippen LogP contribution in [0.3, 0.4) is 0 Å². The summed E-state index contributed by atoms with van der Waals surface area (Å²) in [5.41, 5.74) is 6.30. The molecule has 0 amide bonds. The van der Waals surface area contributed by atoms with Crippen LogP contribution in [0.1, 0.15) is 40.5 Å². The first-order valence-corrected chi connectivity index (χ1v) is 7.75. The zero-order chi connectivity index (χ0) is 14.1. The molecule has 2 saturated heterocycles. The van der Waals surface area contributed by atoms with E-state index in [9.17, 15) is 0 Å². The van der Waals surface area contributed by atoms with Gasteiger partial charge in [-0.1, -0.05) is 6.92 Å². The first-order valence-electron chi connectivity index (χ1n) is 7.75. The van der Waals surface area contributed by atoms with Gasteiger partial charge in [-0.2, -0.15) is 0 Å². The molecule has 0 spiro atoms. The molecular formula is C15H31N3O. The van der Waals surface area contributed by atoms with Gasteiger partial charge in [0.05, 0.1) is 5.60 Å². The number of nitrogens with two attached hydrogens (primary N) is 1. The summed E-state index contributed by atoms with van der Waals surface area (Å²) in [5, 5.41) is 0. The maximum Gasteiger partial charge on any atom is 0.0644 e. The summed E-state index contributed by atoms with van der Waals surface area (Å²) in [6.45, 7) is 15.2. The van der Waals surface area contributed by atoms with Crippen molar-refractivity contribution in [1.29, 1.82) is 0 Å². The Hall–Kier alpha value is -0.160. The fourth-order valence-electron chi connectivity index (χ4n) is 3.92. The lowest BCUT2D eigenvalue weighted by molar-refractivity contribution is -0.128. The van der Waals surface area contributed by atoms with Gasteiger partial charge in [0.15, 0.2) is 0 Å². The maximum atomic E-state index is 6.19. The van der Waals surface area contributed by atoms with Gasteiger partial charge in [0, 0.05) is 44.4 Å². The number of hydrogen-bond acceptors (Lipinski definition) is 4. The van der Waals surface area contributed by atoms with Crippen LogP contribution in [0, 0.1) is 0 Å². The quantitative estimate of drug-likeness (QED) is 0.838. The van der Waals surface area contributed by atoms with Crippen molar-refractivity contribution >= 4 is 0 Å². The number of likely N-dealkylation sites (N-methyl/N-ethyl adjacent to an activating group) is 1. The van der Waals surface area contributed by atoms with Gasteiger partial charge < -0.3 is 10.5 Å². The molecule has 2 atom stereocenters. The van der Waals surface area contributed by atoms with E-state index in [1.807, 2.05) is 0 Å². The van der Waals surface area contributed by atoms with Gasteiger partial charge in [-0.05, 0) is 40.2 Å². The van der Waals surface area contributed by atoms with Gasteiger partial charge in [0.2, 0.25) is 0 Å². The molecule has 2 unspecified atom stereocenters. The predicted molar refractivity (Wildman–Crippen MR) is 79.3 cm³/mol. The molecule has 0 aromatic heterocycles. The second-order valence-electron chi connectivity index (χ2n) is 6.89. The van der Waals surface area contributed by atoms with Crippen molar-refractivity contribution in [2.75, 3.05) is 39.3 Å². The Kier molecular flexibility index (Phi) is 4.56. The lowest BCUT2D eigenvalue weighted by atomic mass is 9.79. The van der Waals surface area contributed by atoms with Crippen molar-refractivity contribution in [2.45, 2.75) is 57.7 Å². The summed E-state index contributed by atoms with van der Waals surface area (Å²) in [7, 11) is 0. The average Bonchev–Trinajstić information content (AvgIpc) is 2.37. The first kappa shape index (κ1) is 15.2. The summed E-state index contributed by atoms with van der Waals surface area (Å²) in [6, 6.07) is 0.633. The molecule has 2 rings (SSSR count). The summed E-state index contributed by atoms with van der Waals surface area (Å²) in [5.74, 6) is 0. The van der Waals surface area contributed by atoms with Crippen LogP contribution in [-0.2, 0) is 4.74 Å². The zero-order valence-electron chi connectivity index (χ0n) is 13.1. The van der Waals surface area contributed by atoms with E-state index in [-0.39, 0.29) is 11.1 Å². The lowest BCUT2D eigenvalue weighted by Crippen LogP contribution is -2.66. The van der Waals surface area contributed by atoms with E-state index in [1.54, 1.807) is 0 Å². The molecule has 2 fully saturated rings. The minimum absolute atomic E-state index is 0.0389. The van der Waals surface area contributed by atoms with Gasteiger partial charge in [0.25, 0.3) is 0 Å². The highest BCUT2D eigenvalue weighted by Crippen LogP contribution is 2.36. The molecule has 0 aliphatic carbocycles. The Balaban J connectivity index is 2.09. The first-order chi connectivity index (χ1) is 8.92. The Morgan fingerprint density at radius 2 is 2.05 bits per heavy atom. The molecule has 4 heteroatoms. The molecule has 112 valence electrons. The van der Waals surface area contributed by atoms with Crippen molar-refractivity contribution in [3.05, 3.63) is 0 Å². The number of rotatable bonds is 3. The Labute approximate surface area is 118 Å². The number of hydrogen-bond donors (Lipinski definition) is 1. The van der Waals surface area contributed by atoms with Gasteiger partial charge in [-0.3, -0.25) is 9.80 Å². The molecule has 2 aliphatic heterocycles. The van der Waals surface area contributed by atoms with Gasteiger partial charge in [0.1, 0.15) is 0 Å². The van der Waals surface area contributed by atoms with Crippen LogP contribution in [-0.4, -0.2) is 66.3 Å². The van der Waals surface area contributed by atoms with E-state index < -0.39 is 0 Å². The largest absolute Gasteiger partial charge is 0.375 e. The monoisotopic (exact) mass is 269 g/mol. The smallest absolute Gasteiger partial charge is 0.0644 e. The van der Waals surface area contributed by atoms with Crippen molar-refractivity contribution in [3.8, 4) is 0 Å². The highest BCUT2D eigenvalue weighted by atomic mass is 16.5. The second-order valence-corrected chi connectivity index (χ2v) is 6.89. The molecule has 0 bridgehead atoms. The third-order valence-corrected chi connectivity index (χ3v) is 5.04. The van der Waals surface area contributed by atoms with Crippen LogP contribution in [0.25, 0.3) is 0 Å². The van der Waals surface area contributed by atoms with E-state index in [2.05, 4.69) is 37.5 Å². The van der Waals surface area contributed by atoms with Gasteiger partial charge >= 0.3 is 0 Å². The molecule has 19 heavy (non-hydrogen) atoms. The standard InChI is InChI=1S/C15H31N3O/c1-5-17-7-8-18(10-13(17)2)15(12-16)6-9-19-14(3,4)11-15/h13H,5-12,16H2,1-4H3. The Bertz CT molecular complexity index is 308. The molecule has 0 aromatic rings. The van der Waals surface area contributed by atoms with E-state index in [4.69, 9.17) is 10.5 Å². The maximum absolute atomic E-state index is 6.19. The van der Waals surface area contributed by atoms with Crippen molar-refractivity contribution in [3.63, 3.8) is 0 Å².